The van der Waals surface area contributed by atoms with E-state index in [0.717, 1.165) is 36.4 Å². The van der Waals surface area contributed by atoms with Crippen LogP contribution in [-0.4, -0.2) is 43.8 Å². The van der Waals surface area contributed by atoms with Gasteiger partial charge in [-0.15, -0.1) is 0 Å². The monoisotopic (exact) mass is 649 g/mol. The number of carbonyl (C=O) groups is 2. The molecule has 224 valence electrons. The molecule has 1 N–H and O–H groups in total. The van der Waals surface area contributed by atoms with Gasteiger partial charge in [0, 0.05) is 33.2 Å². The number of benzene rings is 3. The maximum absolute atomic E-state index is 14.2. The van der Waals surface area contributed by atoms with E-state index in [-0.39, 0.29) is 23.4 Å². The Kier molecular flexibility index (Phi) is 10.8. The molecule has 11 heteroatoms. The summed E-state index contributed by atoms with van der Waals surface area (Å²) in [5.41, 5.74) is 1.33. The molecule has 7 nitrogen and oxygen atoms in total. The first-order valence-corrected chi connectivity index (χ1v) is 16.4. The van der Waals surface area contributed by atoms with Gasteiger partial charge in [0.1, 0.15) is 12.6 Å². The molecule has 42 heavy (non-hydrogen) atoms. The lowest BCUT2D eigenvalue weighted by Crippen LogP contribution is -2.53. The fourth-order valence-corrected chi connectivity index (χ4v) is 7.38. The SMILES string of the molecule is Cc1cc(Cl)ccc1N(CC(=O)N(Cc1c(Cl)cccc1Cl)C(C)C(=O)NC1CCCCC1)S(=O)(=O)c1ccccc1. The number of aryl methyl sites for hydroxylation is 1. The van der Waals surface area contributed by atoms with E-state index in [4.69, 9.17) is 34.8 Å². The summed E-state index contributed by atoms with van der Waals surface area (Å²) in [5.74, 6) is -0.912. The second-order valence-corrected chi connectivity index (χ2v) is 13.6. The summed E-state index contributed by atoms with van der Waals surface area (Å²) in [6, 6.07) is 16.8. The standard InChI is InChI=1S/C31H34Cl3N3O4S/c1-21-18-23(32)16-17-29(21)37(42(40,41)25-12-7-4-8-13-25)20-30(38)36(19-26-27(33)14-9-15-28(26)34)22(2)31(39)35-24-10-5-3-6-11-24/h4,7-9,12-18,22,24H,3,5-6,10-11,19-20H2,1-2H3,(H,35,39). The Hall–Kier alpha value is -2.78. The molecule has 1 aliphatic carbocycles. The molecular weight excluding hydrogens is 617 g/mol. The molecule has 3 aromatic rings. The molecule has 2 amide bonds. The topological polar surface area (TPSA) is 86.8 Å². The molecule has 3 aromatic carbocycles. The highest BCUT2D eigenvalue weighted by molar-refractivity contribution is 7.92. The quantitative estimate of drug-likeness (QED) is 0.256. The number of nitrogens with one attached hydrogen (secondary N) is 1. The minimum absolute atomic E-state index is 0.0240. The first-order chi connectivity index (χ1) is 20.0. The van der Waals surface area contributed by atoms with Gasteiger partial charge in [0.15, 0.2) is 0 Å². The molecule has 0 aliphatic heterocycles. The van der Waals surface area contributed by atoms with Gasteiger partial charge in [-0.2, -0.15) is 0 Å². The third kappa shape index (κ3) is 7.59. The highest BCUT2D eigenvalue weighted by Crippen LogP contribution is 2.31. The number of anilines is 1. The maximum atomic E-state index is 14.2. The van der Waals surface area contributed by atoms with Crippen LogP contribution in [0, 0.1) is 6.92 Å². The fourth-order valence-electron chi connectivity index (χ4n) is 5.14. The summed E-state index contributed by atoms with van der Waals surface area (Å²) in [5, 5.41) is 4.18. The van der Waals surface area contributed by atoms with Crippen LogP contribution in [-0.2, 0) is 26.2 Å². The lowest BCUT2D eigenvalue weighted by atomic mass is 9.95. The Morgan fingerprint density at radius 2 is 1.57 bits per heavy atom. The zero-order valence-electron chi connectivity index (χ0n) is 23.5. The lowest BCUT2D eigenvalue weighted by Gasteiger charge is -2.34. The molecule has 1 atom stereocenters. The molecule has 1 saturated carbocycles. The number of hydrogen-bond acceptors (Lipinski definition) is 4. The molecule has 1 fully saturated rings. The molecule has 0 aromatic heterocycles. The van der Waals surface area contributed by atoms with Gasteiger partial charge in [-0.3, -0.25) is 13.9 Å². The van der Waals surface area contributed by atoms with Gasteiger partial charge in [0.25, 0.3) is 10.0 Å². The van der Waals surface area contributed by atoms with Crippen molar-refractivity contribution >= 4 is 62.3 Å². The minimum Gasteiger partial charge on any atom is -0.352 e. The van der Waals surface area contributed by atoms with Crippen molar-refractivity contribution in [3.05, 3.63) is 92.9 Å². The van der Waals surface area contributed by atoms with Crippen LogP contribution < -0.4 is 9.62 Å². The zero-order valence-corrected chi connectivity index (χ0v) is 26.6. The molecule has 0 bridgehead atoms. The third-order valence-corrected chi connectivity index (χ3v) is 10.3. The zero-order chi connectivity index (χ0) is 30.4. The van der Waals surface area contributed by atoms with E-state index in [1.54, 1.807) is 68.4 Å². The highest BCUT2D eigenvalue weighted by Gasteiger charge is 2.34. The summed E-state index contributed by atoms with van der Waals surface area (Å²) >= 11 is 19.1. The smallest absolute Gasteiger partial charge is 0.264 e. The van der Waals surface area contributed by atoms with Crippen molar-refractivity contribution < 1.29 is 18.0 Å². The highest BCUT2D eigenvalue weighted by atomic mass is 35.5. The number of hydrogen-bond donors (Lipinski definition) is 1. The average Bonchev–Trinajstić information content (AvgIpc) is 2.96. The van der Waals surface area contributed by atoms with Gasteiger partial charge in [0.05, 0.1) is 10.6 Å². The van der Waals surface area contributed by atoms with E-state index in [0.29, 0.717) is 31.9 Å². The van der Waals surface area contributed by atoms with Crippen molar-refractivity contribution in [1.82, 2.24) is 10.2 Å². The fraction of sp³-hybridized carbons (Fsp3) is 0.355. The van der Waals surface area contributed by atoms with Crippen LogP contribution in [0.2, 0.25) is 15.1 Å². The largest absolute Gasteiger partial charge is 0.352 e. The van der Waals surface area contributed by atoms with Crippen LogP contribution in [0.25, 0.3) is 0 Å². The molecule has 1 aliphatic rings. The van der Waals surface area contributed by atoms with E-state index in [1.165, 1.54) is 17.0 Å². The Labute approximate surface area is 262 Å². The molecular formula is C31H34Cl3N3O4S. The third-order valence-electron chi connectivity index (χ3n) is 7.55. The maximum Gasteiger partial charge on any atom is 0.264 e. The van der Waals surface area contributed by atoms with Gasteiger partial charge in [0.2, 0.25) is 11.8 Å². The minimum atomic E-state index is -4.19. The van der Waals surface area contributed by atoms with E-state index < -0.39 is 28.5 Å². The predicted octanol–water partition coefficient (Wildman–Crippen LogP) is 7.02. The van der Waals surface area contributed by atoms with Crippen molar-refractivity contribution in [3.8, 4) is 0 Å². The second-order valence-electron chi connectivity index (χ2n) is 10.5. The summed E-state index contributed by atoms with van der Waals surface area (Å²) in [7, 11) is -4.19. The normalized spacial score (nSPS) is 14.7. The Bertz CT molecular complexity index is 1510. The van der Waals surface area contributed by atoms with Gasteiger partial charge in [-0.25, -0.2) is 8.42 Å². The van der Waals surface area contributed by atoms with Crippen LogP contribution in [0.5, 0.6) is 0 Å². The van der Waals surface area contributed by atoms with Crippen molar-refractivity contribution in [2.75, 3.05) is 10.8 Å². The summed E-state index contributed by atoms with van der Waals surface area (Å²) in [6.45, 7) is 2.70. The van der Waals surface area contributed by atoms with E-state index in [9.17, 15) is 18.0 Å². The summed E-state index contributed by atoms with van der Waals surface area (Å²) in [6.07, 6.45) is 4.95. The summed E-state index contributed by atoms with van der Waals surface area (Å²) in [4.78, 5) is 29.0. The van der Waals surface area contributed by atoms with Crippen molar-refractivity contribution in [2.24, 2.45) is 0 Å². The van der Waals surface area contributed by atoms with Gasteiger partial charge in [-0.1, -0.05) is 78.3 Å². The van der Waals surface area contributed by atoms with E-state index in [1.807, 2.05) is 0 Å². The number of nitrogens with zero attached hydrogens (tertiary/aromatic N) is 2. The van der Waals surface area contributed by atoms with Crippen LogP contribution in [0.3, 0.4) is 0 Å². The van der Waals surface area contributed by atoms with Crippen LogP contribution >= 0.6 is 34.8 Å². The number of sulfonamides is 1. The van der Waals surface area contributed by atoms with Crippen LogP contribution in [0.1, 0.15) is 50.2 Å². The van der Waals surface area contributed by atoms with Crippen LogP contribution in [0.4, 0.5) is 5.69 Å². The number of carbonyl (C=O) groups excluding carboxylic acids is 2. The van der Waals surface area contributed by atoms with Gasteiger partial charge in [-0.05, 0) is 74.7 Å². The van der Waals surface area contributed by atoms with Gasteiger partial charge < -0.3 is 10.2 Å². The molecule has 0 radical (unpaired) electrons. The van der Waals surface area contributed by atoms with E-state index >= 15 is 0 Å². The van der Waals surface area contributed by atoms with Crippen molar-refractivity contribution in [3.63, 3.8) is 0 Å². The molecule has 0 spiro atoms. The lowest BCUT2D eigenvalue weighted by molar-refractivity contribution is -0.139. The number of rotatable bonds is 10. The summed E-state index contributed by atoms with van der Waals surface area (Å²) < 4.78 is 29.0. The predicted molar refractivity (Wildman–Crippen MR) is 169 cm³/mol. The van der Waals surface area contributed by atoms with E-state index in [2.05, 4.69) is 5.32 Å². The van der Waals surface area contributed by atoms with Crippen molar-refractivity contribution in [2.45, 2.75) is 69.5 Å². The Balaban J connectivity index is 1.72. The second kappa shape index (κ2) is 14.1. The van der Waals surface area contributed by atoms with Crippen LogP contribution in [0.15, 0.2) is 71.6 Å². The molecule has 4 rings (SSSR count). The molecule has 0 saturated heterocycles. The Morgan fingerprint density at radius 3 is 2.19 bits per heavy atom. The number of halogens is 3. The van der Waals surface area contributed by atoms with Crippen molar-refractivity contribution in [1.29, 1.82) is 0 Å². The molecule has 0 heterocycles. The molecule has 1 unspecified atom stereocenters. The first kappa shape index (κ1) is 32.1. The Morgan fingerprint density at radius 1 is 0.929 bits per heavy atom. The number of amides is 2. The first-order valence-electron chi connectivity index (χ1n) is 13.9. The average molecular weight is 651 g/mol. The van der Waals surface area contributed by atoms with Gasteiger partial charge >= 0.3 is 0 Å².